The monoisotopic (exact) mass is 403 g/mol. The molecule has 2 aromatic carbocycles. The van der Waals surface area contributed by atoms with Crippen molar-refractivity contribution < 1.29 is 9.53 Å². The van der Waals surface area contributed by atoms with Crippen LogP contribution in [0.25, 0.3) is 0 Å². The van der Waals surface area contributed by atoms with Gasteiger partial charge in [0.05, 0.1) is 0 Å². The summed E-state index contributed by atoms with van der Waals surface area (Å²) in [6.07, 6.45) is 3.75. The van der Waals surface area contributed by atoms with Crippen LogP contribution in [0.5, 0.6) is 5.75 Å². The number of aryl methyl sites for hydroxylation is 1. The predicted molar refractivity (Wildman–Crippen MR) is 116 cm³/mol. The van der Waals surface area contributed by atoms with Crippen molar-refractivity contribution >= 4 is 22.9 Å². The molecule has 0 fully saturated rings. The smallest absolute Gasteiger partial charge is 0.255 e. The Morgan fingerprint density at radius 3 is 2.72 bits per heavy atom. The quantitative estimate of drug-likeness (QED) is 0.465. The Kier molecular flexibility index (Phi) is 5.72. The number of amides is 1. The van der Waals surface area contributed by atoms with Crippen LogP contribution in [0.3, 0.4) is 0 Å². The number of hydrogen-bond donors (Lipinski definition) is 1. The predicted octanol–water partition coefficient (Wildman–Crippen LogP) is 5.13. The Bertz CT molecular complexity index is 1090. The van der Waals surface area contributed by atoms with E-state index in [1.807, 2.05) is 67.0 Å². The minimum Gasteiger partial charge on any atom is -0.488 e. The van der Waals surface area contributed by atoms with Gasteiger partial charge in [0.2, 0.25) is 0 Å². The third-order valence-electron chi connectivity index (χ3n) is 4.55. The molecule has 0 spiro atoms. The van der Waals surface area contributed by atoms with Crippen molar-refractivity contribution in [2.24, 2.45) is 0 Å². The molecule has 4 aromatic rings. The van der Waals surface area contributed by atoms with E-state index in [1.165, 1.54) is 0 Å². The van der Waals surface area contributed by atoms with Gasteiger partial charge >= 0.3 is 0 Å². The molecule has 0 saturated heterocycles. The van der Waals surface area contributed by atoms with E-state index in [0.29, 0.717) is 17.9 Å². The molecular formula is C23H21N3O2S. The average Bonchev–Trinajstić information content (AvgIpc) is 3.40. The molecule has 1 amide bonds. The van der Waals surface area contributed by atoms with E-state index >= 15 is 0 Å². The van der Waals surface area contributed by atoms with E-state index in [-0.39, 0.29) is 5.91 Å². The molecule has 6 heteroatoms. The molecule has 0 saturated carbocycles. The summed E-state index contributed by atoms with van der Waals surface area (Å²) in [5.74, 6) is 1.49. The molecule has 4 rings (SSSR count). The molecule has 1 N–H and O–H groups in total. The maximum absolute atomic E-state index is 12.6. The van der Waals surface area contributed by atoms with E-state index in [0.717, 1.165) is 28.5 Å². The SMILES string of the molecule is Cc1nccn1Cc1ccc(NC(=O)c2cccc(OCc3cccs3)c2)cc1. The fourth-order valence-electron chi connectivity index (χ4n) is 2.94. The third kappa shape index (κ3) is 4.92. The van der Waals surface area contributed by atoms with E-state index < -0.39 is 0 Å². The standard InChI is InChI=1S/C23H21N3O2S/c1-17-24-11-12-26(17)15-18-7-9-20(10-8-18)25-23(27)19-4-2-5-21(14-19)28-16-22-6-3-13-29-22/h2-14H,15-16H2,1H3,(H,25,27). The Morgan fingerprint density at radius 2 is 2.00 bits per heavy atom. The molecule has 0 aliphatic heterocycles. The van der Waals surface area contributed by atoms with Gasteiger partial charge in [-0.2, -0.15) is 0 Å². The largest absolute Gasteiger partial charge is 0.488 e. The van der Waals surface area contributed by atoms with Gasteiger partial charge < -0.3 is 14.6 Å². The molecule has 0 aliphatic carbocycles. The zero-order chi connectivity index (χ0) is 20.1. The number of benzene rings is 2. The van der Waals surface area contributed by atoms with Crippen molar-refractivity contribution in [2.75, 3.05) is 5.32 Å². The van der Waals surface area contributed by atoms with Gasteiger partial charge in [-0.1, -0.05) is 24.3 Å². The highest BCUT2D eigenvalue weighted by molar-refractivity contribution is 7.09. The molecule has 29 heavy (non-hydrogen) atoms. The van der Waals surface area contributed by atoms with Crippen LogP contribution in [0, 0.1) is 6.92 Å². The summed E-state index contributed by atoms with van der Waals surface area (Å²) in [7, 11) is 0. The lowest BCUT2D eigenvalue weighted by Crippen LogP contribution is -2.12. The van der Waals surface area contributed by atoms with Gasteiger partial charge in [0.1, 0.15) is 18.2 Å². The highest BCUT2D eigenvalue weighted by atomic mass is 32.1. The van der Waals surface area contributed by atoms with Crippen molar-refractivity contribution in [2.45, 2.75) is 20.1 Å². The van der Waals surface area contributed by atoms with Gasteiger partial charge in [0, 0.05) is 35.1 Å². The average molecular weight is 404 g/mol. The van der Waals surface area contributed by atoms with Crippen LogP contribution in [-0.2, 0) is 13.2 Å². The first-order valence-electron chi connectivity index (χ1n) is 9.31. The number of rotatable bonds is 7. The summed E-state index contributed by atoms with van der Waals surface area (Å²) in [4.78, 5) is 18.0. The topological polar surface area (TPSA) is 56.2 Å². The second-order valence-electron chi connectivity index (χ2n) is 6.65. The number of aromatic nitrogens is 2. The molecular weight excluding hydrogens is 382 g/mol. The van der Waals surface area contributed by atoms with E-state index in [2.05, 4.69) is 14.9 Å². The van der Waals surface area contributed by atoms with Crippen molar-refractivity contribution in [3.63, 3.8) is 0 Å². The fraction of sp³-hybridized carbons (Fsp3) is 0.130. The molecule has 2 heterocycles. The Hall–Kier alpha value is -3.38. The number of imidazole rings is 1. The second-order valence-corrected chi connectivity index (χ2v) is 7.68. The summed E-state index contributed by atoms with van der Waals surface area (Å²) in [6.45, 7) is 3.23. The Balaban J connectivity index is 1.37. The summed E-state index contributed by atoms with van der Waals surface area (Å²) >= 11 is 1.65. The van der Waals surface area contributed by atoms with Crippen LogP contribution in [0.4, 0.5) is 5.69 Å². The minimum absolute atomic E-state index is 0.162. The van der Waals surface area contributed by atoms with Gasteiger partial charge in [0.15, 0.2) is 0 Å². The van der Waals surface area contributed by atoms with Gasteiger partial charge in [-0.05, 0) is 54.3 Å². The Labute approximate surface area is 173 Å². The minimum atomic E-state index is -0.162. The summed E-state index contributed by atoms with van der Waals surface area (Å²) in [5, 5.41) is 4.96. The van der Waals surface area contributed by atoms with E-state index in [4.69, 9.17) is 4.74 Å². The van der Waals surface area contributed by atoms with Crippen LogP contribution in [0.1, 0.15) is 26.6 Å². The van der Waals surface area contributed by atoms with Gasteiger partial charge in [-0.3, -0.25) is 4.79 Å². The van der Waals surface area contributed by atoms with Gasteiger partial charge in [0.25, 0.3) is 5.91 Å². The van der Waals surface area contributed by atoms with Crippen LogP contribution < -0.4 is 10.1 Å². The lowest BCUT2D eigenvalue weighted by molar-refractivity contribution is 0.102. The van der Waals surface area contributed by atoms with Gasteiger partial charge in [-0.25, -0.2) is 4.98 Å². The zero-order valence-corrected chi connectivity index (χ0v) is 16.9. The van der Waals surface area contributed by atoms with Crippen molar-refractivity contribution in [3.05, 3.63) is 100 Å². The zero-order valence-electron chi connectivity index (χ0n) is 16.0. The number of carbonyl (C=O) groups excluding carboxylic acids is 1. The number of anilines is 1. The van der Waals surface area contributed by atoms with Crippen LogP contribution in [-0.4, -0.2) is 15.5 Å². The number of hydrogen-bond acceptors (Lipinski definition) is 4. The van der Waals surface area contributed by atoms with Crippen molar-refractivity contribution in [1.29, 1.82) is 0 Å². The number of nitrogens with zero attached hydrogens (tertiary/aromatic N) is 2. The van der Waals surface area contributed by atoms with E-state index in [1.54, 1.807) is 29.7 Å². The number of carbonyl (C=O) groups is 1. The van der Waals surface area contributed by atoms with Crippen LogP contribution in [0.15, 0.2) is 78.4 Å². The highest BCUT2D eigenvalue weighted by Gasteiger charge is 2.08. The second kappa shape index (κ2) is 8.75. The van der Waals surface area contributed by atoms with Crippen molar-refractivity contribution in [3.8, 4) is 5.75 Å². The summed E-state index contributed by atoms with van der Waals surface area (Å²) < 4.78 is 7.87. The summed E-state index contributed by atoms with van der Waals surface area (Å²) in [6, 6.07) is 19.1. The van der Waals surface area contributed by atoms with E-state index in [9.17, 15) is 4.79 Å². The highest BCUT2D eigenvalue weighted by Crippen LogP contribution is 2.19. The first-order chi connectivity index (χ1) is 14.2. The third-order valence-corrected chi connectivity index (χ3v) is 5.40. The molecule has 0 unspecified atom stereocenters. The van der Waals surface area contributed by atoms with Crippen LogP contribution >= 0.6 is 11.3 Å². The molecule has 5 nitrogen and oxygen atoms in total. The van der Waals surface area contributed by atoms with Crippen molar-refractivity contribution in [1.82, 2.24) is 9.55 Å². The first-order valence-corrected chi connectivity index (χ1v) is 10.2. The molecule has 2 aromatic heterocycles. The number of ether oxygens (including phenoxy) is 1. The molecule has 146 valence electrons. The lowest BCUT2D eigenvalue weighted by Gasteiger charge is -2.09. The molecule has 0 radical (unpaired) electrons. The maximum Gasteiger partial charge on any atom is 0.255 e. The molecule has 0 bridgehead atoms. The maximum atomic E-state index is 12.6. The lowest BCUT2D eigenvalue weighted by atomic mass is 10.1. The fourth-order valence-corrected chi connectivity index (χ4v) is 3.56. The van der Waals surface area contributed by atoms with Crippen LogP contribution in [0.2, 0.25) is 0 Å². The Morgan fingerprint density at radius 1 is 1.14 bits per heavy atom. The number of nitrogens with one attached hydrogen (secondary N) is 1. The summed E-state index contributed by atoms with van der Waals surface area (Å²) in [5.41, 5.74) is 2.46. The number of thiophene rings is 1. The normalized spacial score (nSPS) is 10.7. The first kappa shape index (κ1) is 19.0. The van der Waals surface area contributed by atoms with Gasteiger partial charge in [-0.15, -0.1) is 11.3 Å². The molecule has 0 aliphatic rings. The molecule has 0 atom stereocenters.